The molecular weight excluding hydrogens is 444 g/mol. The Morgan fingerprint density at radius 1 is 1.00 bits per heavy atom. The van der Waals surface area contributed by atoms with Gasteiger partial charge in [-0.25, -0.2) is 19.2 Å². The molecule has 0 aromatic carbocycles. The van der Waals surface area contributed by atoms with Crippen LogP contribution in [0.2, 0.25) is 0 Å². The minimum absolute atomic E-state index is 0.369. The highest BCUT2D eigenvalue weighted by Crippen LogP contribution is 2.25. The molecule has 12 heteroatoms. The van der Waals surface area contributed by atoms with Crippen molar-refractivity contribution >= 4 is 35.2 Å². The molecule has 1 atom stereocenters. The highest BCUT2D eigenvalue weighted by molar-refractivity contribution is 7.11. The van der Waals surface area contributed by atoms with Crippen molar-refractivity contribution < 1.29 is 44.0 Å². The lowest BCUT2D eigenvalue weighted by Gasteiger charge is -2.26. The quantitative estimate of drug-likeness (QED) is 0.389. The zero-order valence-corrected chi connectivity index (χ0v) is 18.2. The second-order valence-corrected chi connectivity index (χ2v) is 8.01. The number of carboxylic acid groups (broad SMARTS) is 4. The molecule has 0 bridgehead atoms. The third-order valence-electron chi connectivity index (χ3n) is 4.25. The summed E-state index contributed by atoms with van der Waals surface area (Å²) in [6.07, 6.45) is 4.39. The first-order chi connectivity index (χ1) is 15.1. The molecule has 5 N–H and O–H groups in total. The number of nitrogens with one attached hydrogen (secondary N) is 1. The van der Waals surface area contributed by atoms with Crippen molar-refractivity contribution in [3.63, 3.8) is 0 Å². The van der Waals surface area contributed by atoms with Crippen molar-refractivity contribution in [3.8, 4) is 0 Å². The van der Waals surface area contributed by atoms with Crippen LogP contribution in [0.5, 0.6) is 0 Å². The molecule has 3 heterocycles. The van der Waals surface area contributed by atoms with E-state index in [2.05, 4.69) is 35.3 Å². The monoisotopic (exact) mass is 470 g/mol. The summed E-state index contributed by atoms with van der Waals surface area (Å²) in [7, 11) is 0. The molecule has 1 aliphatic rings. The summed E-state index contributed by atoms with van der Waals surface area (Å²) in [6, 6.07) is 8.85. The summed E-state index contributed by atoms with van der Waals surface area (Å²) >= 11 is 1.87. The lowest BCUT2D eigenvalue weighted by Crippen LogP contribution is -2.33. The van der Waals surface area contributed by atoms with Gasteiger partial charge in [-0.2, -0.15) is 0 Å². The van der Waals surface area contributed by atoms with E-state index in [1.165, 1.54) is 35.7 Å². The fourth-order valence-corrected chi connectivity index (χ4v) is 3.72. The number of hydrogen-bond donors (Lipinski definition) is 5. The average molecular weight is 471 g/mol. The number of hydrogen-bond acceptors (Lipinski definition) is 8. The second kappa shape index (κ2) is 14.0. The first kappa shape index (κ1) is 26.8. The van der Waals surface area contributed by atoms with Gasteiger partial charge in [-0.3, -0.25) is 4.90 Å². The number of rotatable bonds is 6. The van der Waals surface area contributed by atoms with Crippen LogP contribution in [0.3, 0.4) is 0 Å². The zero-order valence-electron chi connectivity index (χ0n) is 17.4. The Kier molecular flexibility index (Phi) is 11.7. The Balaban J connectivity index is 0.000000355. The molecule has 0 aliphatic carbocycles. The van der Waals surface area contributed by atoms with E-state index in [-0.39, 0.29) is 0 Å². The molecule has 0 spiro atoms. The molecule has 1 saturated heterocycles. The SMILES string of the molecule is Cc1ccc(CNCC(c2ccco2)N2CCCC2)s1.O=C(O)C(=O)O.O=C(O)C(=O)O. The van der Waals surface area contributed by atoms with Gasteiger partial charge in [0.05, 0.1) is 12.3 Å². The van der Waals surface area contributed by atoms with E-state index in [4.69, 9.17) is 44.0 Å². The highest BCUT2D eigenvalue weighted by atomic mass is 32.1. The predicted molar refractivity (Wildman–Crippen MR) is 114 cm³/mol. The van der Waals surface area contributed by atoms with E-state index in [1.54, 1.807) is 6.26 Å². The molecule has 176 valence electrons. The van der Waals surface area contributed by atoms with Crippen molar-refractivity contribution in [2.24, 2.45) is 0 Å². The van der Waals surface area contributed by atoms with Crippen LogP contribution < -0.4 is 5.32 Å². The number of nitrogens with zero attached hydrogens (tertiary/aromatic N) is 1. The maximum absolute atomic E-state index is 9.10. The van der Waals surface area contributed by atoms with E-state index in [0.717, 1.165) is 18.8 Å². The Labute approximate surface area is 187 Å². The van der Waals surface area contributed by atoms with Crippen LogP contribution >= 0.6 is 11.3 Å². The van der Waals surface area contributed by atoms with Crippen LogP contribution in [0.4, 0.5) is 0 Å². The van der Waals surface area contributed by atoms with Crippen LogP contribution in [0.15, 0.2) is 34.9 Å². The fourth-order valence-electron chi connectivity index (χ4n) is 2.86. The van der Waals surface area contributed by atoms with Crippen LogP contribution in [-0.4, -0.2) is 68.8 Å². The molecular formula is C20H26N2O9S. The largest absolute Gasteiger partial charge is 0.473 e. The minimum Gasteiger partial charge on any atom is -0.473 e. The minimum atomic E-state index is -1.82. The molecule has 1 aliphatic heterocycles. The van der Waals surface area contributed by atoms with Crippen molar-refractivity contribution in [2.45, 2.75) is 32.4 Å². The summed E-state index contributed by atoms with van der Waals surface area (Å²) in [5.41, 5.74) is 0. The van der Waals surface area contributed by atoms with Crippen molar-refractivity contribution in [1.29, 1.82) is 0 Å². The van der Waals surface area contributed by atoms with E-state index in [1.807, 2.05) is 17.4 Å². The number of carbonyl (C=O) groups is 4. The van der Waals surface area contributed by atoms with Gasteiger partial charge in [0.15, 0.2) is 0 Å². The molecule has 3 rings (SSSR count). The van der Waals surface area contributed by atoms with E-state index in [0.29, 0.717) is 6.04 Å². The first-order valence-electron chi connectivity index (χ1n) is 9.57. The molecule has 11 nitrogen and oxygen atoms in total. The average Bonchev–Trinajstić information content (AvgIpc) is 3.49. The standard InChI is InChI=1S/C16H22N2OS.2C2H2O4/c1-13-6-7-14(20-13)11-17-12-15(16-5-4-10-19-16)18-8-2-3-9-18;2*3-1(4)2(5)6/h4-7,10,15,17H,2-3,8-9,11-12H2,1H3;2*(H,3,4)(H,5,6). The number of aryl methyl sites for hydroxylation is 1. The normalized spacial score (nSPS) is 13.8. The Bertz CT molecular complexity index is 826. The molecule has 1 fully saturated rings. The van der Waals surface area contributed by atoms with Crippen LogP contribution in [0.25, 0.3) is 0 Å². The predicted octanol–water partition coefficient (Wildman–Crippen LogP) is 1.89. The van der Waals surface area contributed by atoms with Gasteiger partial charge in [0.25, 0.3) is 0 Å². The van der Waals surface area contributed by atoms with Crippen LogP contribution in [0.1, 0.15) is 34.4 Å². The number of carboxylic acids is 4. The smallest absolute Gasteiger partial charge is 0.414 e. The zero-order chi connectivity index (χ0) is 24.1. The Hall–Kier alpha value is -3.22. The second-order valence-electron chi connectivity index (χ2n) is 6.64. The lowest BCUT2D eigenvalue weighted by atomic mass is 10.2. The van der Waals surface area contributed by atoms with Gasteiger partial charge in [-0.15, -0.1) is 11.3 Å². The lowest BCUT2D eigenvalue weighted by molar-refractivity contribution is -0.159. The molecule has 2 aromatic rings. The summed E-state index contributed by atoms with van der Waals surface area (Å²) in [5, 5.41) is 33.2. The van der Waals surface area contributed by atoms with E-state index >= 15 is 0 Å². The van der Waals surface area contributed by atoms with E-state index < -0.39 is 23.9 Å². The fraction of sp³-hybridized carbons (Fsp3) is 0.400. The van der Waals surface area contributed by atoms with Crippen LogP contribution in [0, 0.1) is 6.92 Å². The highest BCUT2D eigenvalue weighted by Gasteiger charge is 2.25. The van der Waals surface area contributed by atoms with Gasteiger partial charge in [-0.1, -0.05) is 0 Å². The van der Waals surface area contributed by atoms with E-state index in [9.17, 15) is 0 Å². The van der Waals surface area contributed by atoms with Gasteiger partial charge in [0, 0.05) is 22.8 Å². The summed E-state index contributed by atoms with van der Waals surface area (Å²) in [6.45, 7) is 6.42. The molecule has 2 aromatic heterocycles. The summed E-state index contributed by atoms with van der Waals surface area (Å²) in [4.78, 5) is 41.7. The molecule has 0 radical (unpaired) electrons. The Morgan fingerprint density at radius 2 is 1.56 bits per heavy atom. The molecule has 0 saturated carbocycles. The summed E-state index contributed by atoms with van der Waals surface area (Å²) in [5.74, 6) is -6.21. The number of furan rings is 1. The maximum atomic E-state index is 9.10. The van der Waals surface area contributed by atoms with Gasteiger partial charge in [0.1, 0.15) is 5.76 Å². The number of thiophene rings is 1. The van der Waals surface area contributed by atoms with Gasteiger partial charge in [0.2, 0.25) is 0 Å². The Morgan fingerprint density at radius 3 is 1.97 bits per heavy atom. The number of likely N-dealkylation sites (tertiary alicyclic amines) is 1. The van der Waals surface area contributed by atoms with Crippen LogP contribution in [-0.2, 0) is 25.7 Å². The summed E-state index contributed by atoms with van der Waals surface area (Å²) < 4.78 is 5.64. The van der Waals surface area contributed by atoms with Gasteiger partial charge < -0.3 is 30.2 Å². The topological polar surface area (TPSA) is 178 Å². The maximum Gasteiger partial charge on any atom is 0.414 e. The third kappa shape index (κ3) is 10.2. The molecule has 0 amide bonds. The third-order valence-corrected chi connectivity index (χ3v) is 5.25. The molecule has 32 heavy (non-hydrogen) atoms. The van der Waals surface area contributed by atoms with Crippen molar-refractivity contribution in [2.75, 3.05) is 19.6 Å². The van der Waals surface area contributed by atoms with Gasteiger partial charge in [-0.05, 0) is 57.1 Å². The molecule has 1 unspecified atom stereocenters. The van der Waals surface area contributed by atoms with Crippen molar-refractivity contribution in [1.82, 2.24) is 10.2 Å². The number of aliphatic carboxylic acids is 4. The first-order valence-corrected chi connectivity index (χ1v) is 10.4. The van der Waals surface area contributed by atoms with Crippen molar-refractivity contribution in [3.05, 3.63) is 46.0 Å². The van der Waals surface area contributed by atoms with Gasteiger partial charge >= 0.3 is 23.9 Å².